The Bertz CT molecular complexity index is 692. The van der Waals surface area contributed by atoms with Gasteiger partial charge in [0.15, 0.2) is 0 Å². The Kier molecular flexibility index (Phi) is 4.06. The first-order valence-electron chi connectivity index (χ1n) is 6.71. The van der Waals surface area contributed by atoms with Crippen LogP contribution < -0.4 is 10.1 Å². The molecule has 1 aliphatic heterocycles. The zero-order chi connectivity index (χ0) is 14.7. The summed E-state index contributed by atoms with van der Waals surface area (Å²) >= 11 is 3.38. The largest absolute Gasteiger partial charge is 0.493 e. The van der Waals surface area contributed by atoms with Gasteiger partial charge in [0.2, 0.25) is 5.91 Å². The minimum absolute atomic E-state index is 0.142. The van der Waals surface area contributed by atoms with E-state index >= 15 is 0 Å². The molecule has 1 amide bonds. The molecule has 2 aromatic rings. The van der Waals surface area contributed by atoms with Crippen LogP contribution in [0.15, 0.2) is 53.0 Å². The van der Waals surface area contributed by atoms with Gasteiger partial charge in [0.25, 0.3) is 0 Å². The van der Waals surface area contributed by atoms with Crippen LogP contribution in [0.4, 0.5) is 5.69 Å². The van der Waals surface area contributed by atoms with Crippen molar-refractivity contribution in [3.8, 4) is 5.75 Å². The molecule has 0 saturated heterocycles. The molecule has 0 fully saturated rings. The number of carbonyl (C=O) groups is 1. The van der Waals surface area contributed by atoms with Crippen molar-refractivity contribution in [3.63, 3.8) is 0 Å². The molecule has 21 heavy (non-hydrogen) atoms. The number of halogens is 1. The standard InChI is InChI=1S/C17H14BrNO2/c18-14-4-1-12(2-5-14)3-8-17(20)19-15-6-7-16-13(11-15)9-10-21-16/h1-8,11H,9-10H2,(H,19,20). The van der Waals surface area contributed by atoms with Crippen LogP contribution in [0, 0.1) is 0 Å². The Hall–Kier alpha value is -2.07. The molecular weight excluding hydrogens is 330 g/mol. The molecule has 1 heterocycles. The third kappa shape index (κ3) is 3.52. The van der Waals surface area contributed by atoms with Crippen LogP contribution in [0.5, 0.6) is 5.75 Å². The van der Waals surface area contributed by atoms with Crippen molar-refractivity contribution in [1.82, 2.24) is 0 Å². The van der Waals surface area contributed by atoms with E-state index in [4.69, 9.17) is 4.74 Å². The highest BCUT2D eigenvalue weighted by Crippen LogP contribution is 2.27. The van der Waals surface area contributed by atoms with Crippen LogP contribution in [0.2, 0.25) is 0 Å². The monoisotopic (exact) mass is 343 g/mol. The van der Waals surface area contributed by atoms with Crippen molar-refractivity contribution < 1.29 is 9.53 Å². The SMILES string of the molecule is O=C(C=Cc1ccc(Br)cc1)Nc1ccc2c(c1)CCO2. The highest BCUT2D eigenvalue weighted by molar-refractivity contribution is 9.10. The quantitative estimate of drug-likeness (QED) is 0.854. The van der Waals surface area contributed by atoms with Crippen molar-refractivity contribution in [3.05, 3.63) is 64.1 Å². The van der Waals surface area contributed by atoms with Gasteiger partial charge in [0.05, 0.1) is 6.61 Å². The van der Waals surface area contributed by atoms with E-state index in [1.165, 1.54) is 6.08 Å². The van der Waals surface area contributed by atoms with Gasteiger partial charge in [-0.1, -0.05) is 28.1 Å². The summed E-state index contributed by atoms with van der Waals surface area (Å²) in [6, 6.07) is 13.5. The van der Waals surface area contributed by atoms with Gasteiger partial charge in [-0.2, -0.15) is 0 Å². The molecule has 3 nitrogen and oxygen atoms in total. The van der Waals surface area contributed by atoms with Gasteiger partial charge in [0, 0.05) is 22.7 Å². The van der Waals surface area contributed by atoms with Crippen molar-refractivity contribution in [2.75, 3.05) is 11.9 Å². The number of benzene rings is 2. The lowest BCUT2D eigenvalue weighted by Gasteiger charge is -2.04. The summed E-state index contributed by atoms with van der Waals surface area (Å²) in [4.78, 5) is 11.9. The van der Waals surface area contributed by atoms with Gasteiger partial charge in [-0.3, -0.25) is 4.79 Å². The Morgan fingerprint density at radius 2 is 2.00 bits per heavy atom. The average Bonchev–Trinajstić information content (AvgIpc) is 2.94. The van der Waals surface area contributed by atoms with Crippen LogP contribution in [0.1, 0.15) is 11.1 Å². The molecular formula is C17H14BrNO2. The summed E-state index contributed by atoms with van der Waals surface area (Å²) in [6.45, 7) is 0.718. The maximum absolute atomic E-state index is 11.9. The first-order chi connectivity index (χ1) is 10.2. The summed E-state index contributed by atoms with van der Waals surface area (Å²) in [5, 5.41) is 2.86. The fraction of sp³-hybridized carbons (Fsp3) is 0.118. The molecule has 1 aliphatic rings. The number of anilines is 1. The second-order valence-electron chi connectivity index (χ2n) is 4.80. The molecule has 0 spiro atoms. The second-order valence-corrected chi connectivity index (χ2v) is 5.71. The molecule has 0 radical (unpaired) electrons. The number of hydrogen-bond acceptors (Lipinski definition) is 2. The van der Waals surface area contributed by atoms with Gasteiger partial charge in [-0.25, -0.2) is 0 Å². The first-order valence-corrected chi connectivity index (χ1v) is 7.50. The molecule has 1 N–H and O–H groups in total. The highest BCUT2D eigenvalue weighted by Gasteiger charge is 2.12. The fourth-order valence-corrected chi connectivity index (χ4v) is 2.46. The summed E-state index contributed by atoms with van der Waals surface area (Å²) in [5.41, 5.74) is 2.92. The lowest BCUT2D eigenvalue weighted by molar-refractivity contribution is -0.111. The van der Waals surface area contributed by atoms with Crippen LogP contribution in [0.25, 0.3) is 6.08 Å². The lowest BCUT2D eigenvalue weighted by Crippen LogP contribution is -2.07. The van der Waals surface area contributed by atoms with Gasteiger partial charge in [-0.15, -0.1) is 0 Å². The third-order valence-corrected chi connectivity index (χ3v) is 3.78. The molecule has 106 valence electrons. The van der Waals surface area contributed by atoms with E-state index in [2.05, 4.69) is 21.2 Å². The van der Waals surface area contributed by atoms with Crippen LogP contribution in [-0.2, 0) is 11.2 Å². The van der Waals surface area contributed by atoms with Crippen LogP contribution >= 0.6 is 15.9 Å². The van der Waals surface area contributed by atoms with Crippen LogP contribution in [-0.4, -0.2) is 12.5 Å². The Morgan fingerprint density at radius 3 is 2.81 bits per heavy atom. The summed E-state index contributed by atoms with van der Waals surface area (Å²) in [6.07, 6.45) is 4.22. The molecule has 2 aromatic carbocycles. The number of fused-ring (bicyclic) bond motifs is 1. The van der Waals surface area contributed by atoms with E-state index in [1.807, 2.05) is 42.5 Å². The smallest absolute Gasteiger partial charge is 0.248 e. The van der Waals surface area contributed by atoms with Gasteiger partial charge in [-0.05, 0) is 47.5 Å². The normalized spacial score (nSPS) is 13.0. The first kappa shape index (κ1) is 13.9. The lowest BCUT2D eigenvalue weighted by atomic mass is 10.1. The average molecular weight is 344 g/mol. The van der Waals surface area contributed by atoms with Crippen molar-refractivity contribution in [1.29, 1.82) is 0 Å². The minimum atomic E-state index is -0.142. The third-order valence-electron chi connectivity index (χ3n) is 3.25. The Morgan fingerprint density at radius 1 is 1.19 bits per heavy atom. The Labute approximate surface area is 131 Å². The maximum Gasteiger partial charge on any atom is 0.248 e. The topological polar surface area (TPSA) is 38.3 Å². The molecule has 0 saturated carbocycles. The summed E-state index contributed by atoms with van der Waals surface area (Å²) in [5.74, 6) is 0.773. The predicted octanol–water partition coefficient (Wildman–Crippen LogP) is 4.04. The van der Waals surface area contributed by atoms with Crippen LogP contribution in [0.3, 0.4) is 0 Å². The summed E-state index contributed by atoms with van der Waals surface area (Å²) < 4.78 is 6.46. The van der Waals surface area contributed by atoms with E-state index in [-0.39, 0.29) is 5.91 Å². The number of nitrogens with one attached hydrogen (secondary N) is 1. The molecule has 0 unspecified atom stereocenters. The van der Waals surface area contributed by atoms with Crippen molar-refractivity contribution in [2.24, 2.45) is 0 Å². The number of ether oxygens (including phenoxy) is 1. The summed E-state index contributed by atoms with van der Waals surface area (Å²) in [7, 11) is 0. The molecule has 3 rings (SSSR count). The molecule has 0 aliphatic carbocycles. The zero-order valence-corrected chi connectivity index (χ0v) is 12.9. The molecule has 4 heteroatoms. The van der Waals surface area contributed by atoms with E-state index in [0.717, 1.165) is 40.1 Å². The highest BCUT2D eigenvalue weighted by atomic mass is 79.9. The molecule has 0 aromatic heterocycles. The van der Waals surface area contributed by atoms with Crippen molar-refractivity contribution in [2.45, 2.75) is 6.42 Å². The second kappa shape index (κ2) is 6.14. The molecule has 0 atom stereocenters. The zero-order valence-electron chi connectivity index (χ0n) is 11.3. The van der Waals surface area contributed by atoms with Crippen molar-refractivity contribution >= 4 is 33.6 Å². The number of amides is 1. The Balaban J connectivity index is 1.65. The van der Waals surface area contributed by atoms with Gasteiger partial charge >= 0.3 is 0 Å². The predicted molar refractivity (Wildman–Crippen MR) is 87.4 cm³/mol. The van der Waals surface area contributed by atoms with E-state index in [1.54, 1.807) is 6.08 Å². The van der Waals surface area contributed by atoms with E-state index < -0.39 is 0 Å². The fourth-order valence-electron chi connectivity index (χ4n) is 2.19. The maximum atomic E-state index is 11.9. The number of rotatable bonds is 3. The minimum Gasteiger partial charge on any atom is -0.493 e. The van der Waals surface area contributed by atoms with E-state index in [9.17, 15) is 4.79 Å². The van der Waals surface area contributed by atoms with E-state index in [0.29, 0.717) is 0 Å². The van der Waals surface area contributed by atoms with Gasteiger partial charge in [0.1, 0.15) is 5.75 Å². The molecule has 0 bridgehead atoms. The number of hydrogen-bond donors (Lipinski definition) is 1. The number of carbonyl (C=O) groups excluding carboxylic acids is 1. The van der Waals surface area contributed by atoms with Gasteiger partial charge < -0.3 is 10.1 Å².